The van der Waals surface area contributed by atoms with Crippen LogP contribution in [-0.2, 0) is 4.74 Å². The van der Waals surface area contributed by atoms with Crippen molar-refractivity contribution >= 4 is 38.7 Å². The third-order valence-electron chi connectivity index (χ3n) is 4.49. The quantitative estimate of drug-likeness (QED) is 0.661. The highest BCUT2D eigenvalue weighted by Gasteiger charge is 2.36. The van der Waals surface area contributed by atoms with Crippen LogP contribution in [0.4, 0.5) is 14.9 Å². The van der Waals surface area contributed by atoms with Crippen molar-refractivity contribution in [2.45, 2.75) is 52.3 Å². The molecule has 2 heterocycles. The minimum atomic E-state index is -0.547. The Bertz CT molecular complexity index is 859. The van der Waals surface area contributed by atoms with Gasteiger partial charge in [-0.15, -0.1) is 0 Å². The number of benzene rings is 1. The number of halogens is 2. The molecule has 6 nitrogen and oxygen atoms in total. The summed E-state index contributed by atoms with van der Waals surface area (Å²) in [6.07, 6.45) is 2.82. The zero-order valence-corrected chi connectivity index (χ0v) is 17.7. The number of anilines is 1. The van der Waals surface area contributed by atoms with E-state index < -0.39 is 5.60 Å². The van der Waals surface area contributed by atoms with Crippen molar-refractivity contribution in [1.29, 1.82) is 0 Å². The van der Waals surface area contributed by atoms with Crippen LogP contribution in [0.25, 0.3) is 11.0 Å². The summed E-state index contributed by atoms with van der Waals surface area (Å²) in [5.74, 6) is -0.382. The molecule has 0 unspecified atom stereocenters. The lowest BCUT2D eigenvalue weighted by molar-refractivity contribution is 0.00567. The number of carbonyl (C=O) groups is 1. The molecule has 27 heavy (non-hydrogen) atoms. The van der Waals surface area contributed by atoms with Gasteiger partial charge in [-0.1, -0.05) is 0 Å². The molecule has 0 N–H and O–H groups in total. The summed E-state index contributed by atoms with van der Waals surface area (Å²) in [5, 5.41) is 0. The molecular formula is C19H24BrFN4O2. The van der Waals surface area contributed by atoms with Gasteiger partial charge in [0, 0.05) is 31.5 Å². The topological polar surface area (TPSA) is 58.6 Å². The first-order valence-corrected chi connectivity index (χ1v) is 9.72. The second kappa shape index (κ2) is 7.22. The van der Waals surface area contributed by atoms with E-state index in [4.69, 9.17) is 4.74 Å². The number of carbonyl (C=O) groups excluding carboxylic acids is 1. The third kappa shape index (κ3) is 4.00. The Morgan fingerprint density at radius 1 is 1.19 bits per heavy atom. The van der Waals surface area contributed by atoms with E-state index >= 15 is 0 Å². The third-order valence-corrected chi connectivity index (χ3v) is 5.24. The lowest BCUT2D eigenvalue weighted by Gasteiger charge is -2.45. The molecule has 2 atom stereocenters. The standard InChI is InChI=1S/C19H24BrFN4O2/c1-11-9-24(10-12(2)25(11)18(26)27-19(3,4)5)14-8-13(21)15(20)17-16(14)22-6-7-23-17/h6-8,11-12H,9-10H2,1-5H3/t11-,12+. The highest BCUT2D eigenvalue weighted by Crippen LogP contribution is 2.34. The average molecular weight is 439 g/mol. The van der Waals surface area contributed by atoms with Crippen molar-refractivity contribution in [2.75, 3.05) is 18.0 Å². The molecule has 1 fully saturated rings. The van der Waals surface area contributed by atoms with Crippen LogP contribution < -0.4 is 4.90 Å². The van der Waals surface area contributed by atoms with Gasteiger partial charge < -0.3 is 9.64 Å². The maximum atomic E-state index is 14.4. The number of ether oxygens (including phenoxy) is 1. The summed E-state index contributed by atoms with van der Waals surface area (Å²) >= 11 is 3.25. The summed E-state index contributed by atoms with van der Waals surface area (Å²) in [7, 11) is 0. The Morgan fingerprint density at radius 3 is 2.30 bits per heavy atom. The Kier molecular flexibility index (Phi) is 5.29. The second-order valence-electron chi connectivity index (χ2n) is 7.94. The molecule has 8 heteroatoms. The van der Waals surface area contributed by atoms with Crippen LogP contribution in [0.1, 0.15) is 34.6 Å². The van der Waals surface area contributed by atoms with Gasteiger partial charge in [0.25, 0.3) is 0 Å². The van der Waals surface area contributed by atoms with Crippen LogP contribution in [0.3, 0.4) is 0 Å². The molecule has 0 saturated carbocycles. The number of amides is 1. The van der Waals surface area contributed by atoms with Gasteiger partial charge in [0.15, 0.2) is 0 Å². The molecular weight excluding hydrogens is 415 g/mol. The van der Waals surface area contributed by atoms with Crippen LogP contribution in [0.15, 0.2) is 22.9 Å². The Labute approximate surface area is 166 Å². The average Bonchev–Trinajstić information content (AvgIpc) is 2.56. The predicted octanol–water partition coefficient (Wildman–Crippen LogP) is 4.37. The first-order valence-electron chi connectivity index (χ1n) is 8.93. The number of fused-ring (bicyclic) bond motifs is 1. The zero-order chi connectivity index (χ0) is 19.9. The maximum Gasteiger partial charge on any atom is 0.410 e. The molecule has 1 aliphatic rings. The van der Waals surface area contributed by atoms with Crippen LogP contribution in [-0.4, -0.2) is 51.7 Å². The number of rotatable bonds is 1. The molecule has 1 amide bonds. The van der Waals surface area contributed by atoms with Crippen molar-refractivity contribution in [1.82, 2.24) is 14.9 Å². The van der Waals surface area contributed by atoms with Crippen LogP contribution in [0, 0.1) is 5.82 Å². The van der Waals surface area contributed by atoms with E-state index in [1.807, 2.05) is 34.6 Å². The van der Waals surface area contributed by atoms with Crippen molar-refractivity contribution < 1.29 is 13.9 Å². The number of hydrogen-bond donors (Lipinski definition) is 0. The second-order valence-corrected chi connectivity index (χ2v) is 8.73. The fourth-order valence-corrected chi connectivity index (χ4v) is 3.89. The van der Waals surface area contributed by atoms with Gasteiger partial charge in [-0.25, -0.2) is 9.18 Å². The van der Waals surface area contributed by atoms with Crippen molar-refractivity contribution in [2.24, 2.45) is 0 Å². The van der Waals surface area contributed by atoms with Gasteiger partial charge in [-0.3, -0.25) is 14.9 Å². The van der Waals surface area contributed by atoms with E-state index in [2.05, 4.69) is 30.8 Å². The molecule has 1 aromatic carbocycles. The number of piperazine rings is 1. The van der Waals surface area contributed by atoms with Crippen LogP contribution in [0.5, 0.6) is 0 Å². The van der Waals surface area contributed by atoms with E-state index in [1.165, 1.54) is 6.07 Å². The largest absolute Gasteiger partial charge is 0.444 e. The molecule has 146 valence electrons. The Balaban J connectivity index is 1.91. The van der Waals surface area contributed by atoms with E-state index in [9.17, 15) is 9.18 Å². The normalized spacial score (nSPS) is 20.9. The Hall–Kier alpha value is -1.96. The molecule has 1 saturated heterocycles. The minimum absolute atomic E-state index is 0.0953. The summed E-state index contributed by atoms with van der Waals surface area (Å²) in [4.78, 5) is 25.1. The summed E-state index contributed by atoms with van der Waals surface area (Å²) in [5.41, 5.74) is 1.26. The van der Waals surface area contributed by atoms with Crippen LogP contribution >= 0.6 is 15.9 Å². The molecule has 2 aromatic rings. The molecule has 0 aliphatic carbocycles. The highest BCUT2D eigenvalue weighted by molar-refractivity contribution is 9.10. The lowest BCUT2D eigenvalue weighted by atomic mass is 10.1. The van der Waals surface area contributed by atoms with Gasteiger partial charge in [0.1, 0.15) is 22.5 Å². The number of nitrogens with zero attached hydrogens (tertiary/aromatic N) is 4. The highest BCUT2D eigenvalue weighted by atomic mass is 79.9. The van der Waals surface area contributed by atoms with Gasteiger partial charge in [-0.05, 0) is 50.5 Å². The van der Waals surface area contributed by atoms with Crippen molar-refractivity contribution in [3.8, 4) is 0 Å². The van der Waals surface area contributed by atoms with E-state index in [-0.39, 0.29) is 24.0 Å². The lowest BCUT2D eigenvalue weighted by Crippen LogP contribution is -2.59. The van der Waals surface area contributed by atoms with Gasteiger partial charge in [-0.2, -0.15) is 0 Å². The fourth-order valence-electron chi connectivity index (χ4n) is 3.49. The van der Waals surface area contributed by atoms with Crippen molar-refractivity contribution in [3.05, 3.63) is 28.7 Å². The summed E-state index contributed by atoms with van der Waals surface area (Å²) in [6.45, 7) is 10.6. The number of hydrogen-bond acceptors (Lipinski definition) is 5. The van der Waals surface area contributed by atoms with E-state index in [0.29, 0.717) is 34.3 Å². The molecule has 3 rings (SSSR count). The number of aromatic nitrogens is 2. The molecule has 1 aliphatic heterocycles. The first-order chi connectivity index (χ1) is 12.6. The first kappa shape index (κ1) is 19.8. The maximum absolute atomic E-state index is 14.4. The molecule has 0 radical (unpaired) electrons. The Morgan fingerprint density at radius 2 is 1.74 bits per heavy atom. The van der Waals surface area contributed by atoms with Crippen molar-refractivity contribution in [3.63, 3.8) is 0 Å². The molecule has 0 spiro atoms. The SMILES string of the molecule is C[C@@H]1CN(c2cc(F)c(Br)c3nccnc23)C[C@H](C)N1C(=O)OC(C)(C)C. The van der Waals surface area contributed by atoms with Gasteiger partial charge in [0.2, 0.25) is 0 Å². The van der Waals surface area contributed by atoms with E-state index in [1.54, 1.807) is 17.3 Å². The van der Waals surface area contributed by atoms with Gasteiger partial charge in [0.05, 0.1) is 22.2 Å². The monoisotopic (exact) mass is 438 g/mol. The molecule has 1 aromatic heterocycles. The van der Waals surface area contributed by atoms with E-state index in [0.717, 1.165) is 0 Å². The zero-order valence-electron chi connectivity index (χ0n) is 16.2. The summed E-state index contributed by atoms with van der Waals surface area (Å²) in [6, 6.07) is 1.29. The van der Waals surface area contributed by atoms with Gasteiger partial charge >= 0.3 is 6.09 Å². The molecule has 0 bridgehead atoms. The fraction of sp³-hybridized carbons (Fsp3) is 0.526. The minimum Gasteiger partial charge on any atom is -0.444 e. The summed E-state index contributed by atoms with van der Waals surface area (Å²) < 4.78 is 20.3. The smallest absolute Gasteiger partial charge is 0.410 e. The predicted molar refractivity (Wildman–Crippen MR) is 106 cm³/mol. The van der Waals surface area contributed by atoms with Crippen LogP contribution in [0.2, 0.25) is 0 Å².